The minimum absolute atomic E-state index is 0.0938. The van der Waals surface area contributed by atoms with Crippen LogP contribution in [-0.4, -0.2) is 17.5 Å². The van der Waals surface area contributed by atoms with Crippen LogP contribution in [0.5, 0.6) is 5.75 Å². The second kappa shape index (κ2) is 8.23. The molecule has 0 aliphatic heterocycles. The maximum Gasteiger partial charge on any atom is 0.264 e. The summed E-state index contributed by atoms with van der Waals surface area (Å²) in [6.45, 7) is 3.89. The Labute approximate surface area is 178 Å². The molecule has 4 nitrogen and oxygen atoms in total. The Bertz CT molecular complexity index is 1200. The van der Waals surface area contributed by atoms with Gasteiger partial charge in [-0.3, -0.25) is 10.1 Å². The van der Waals surface area contributed by atoms with Crippen molar-refractivity contribution in [3.63, 3.8) is 0 Å². The predicted molar refractivity (Wildman–Crippen MR) is 120 cm³/mol. The summed E-state index contributed by atoms with van der Waals surface area (Å²) < 4.78 is 5.54. The summed E-state index contributed by atoms with van der Waals surface area (Å²) in [6.07, 6.45) is 0. The highest BCUT2D eigenvalue weighted by atomic mass is 35.5. The molecule has 4 rings (SSSR count). The van der Waals surface area contributed by atoms with E-state index in [2.05, 4.69) is 41.5 Å². The van der Waals surface area contributed by atoms with Crippen molar-refractivity contribution in [2.75, 3.05) is 11.9 Å². The molecular weight excluding hydrogens is 404 g/mol. The van der Waals surface area contributed by atoms with E-state index in [1.807, 2.05) is 24.4 Å². The first kappa shape index (κ1) is 19.4. The number of nitrogens with one attached hydrogen (secondary N) is 1. The Kier molecular flexibility index (Phi) is 5.51. The van der Waals surface area contributed by atoms with Crippen LogP contribution < -0.4 is 10.1 Å². The average Bonchev–Trinajstić information content (AvgIpc) is 3.17. The van der Waals surface area contributed by atoms with Gasteiger partial charge in [-0.2, -0.15) is 0 Å². The van der Waals surface area contributed by atoms with Crippen molar-refractivity contribution in [1.82, 2.24) is 4.98 Å². The van der Waals surface area contributed by atoms with Crippen molar-refractivity contribution in [3.8, 4) is 17.0 Å². The number of benzene rings is 3. The van der Waals surface area contributed by atoms with Gasteiger partial charge in [0.1, 0.15) is 5.75 Å². The second-order valence-corrected chi connectivity index (χ2v) is 8.03. The van der Waals surface area contributed by atoms with Crippen molar-refractivity contribution in [1.29, 1.82) is 0 Å². The van der Waals surface area contributed by atoms with Gasteiger partial charge >= 0.3 is 0 Å². The smallest absolute Gasteiger partial charge is 0.264 e. The van der Waals surface area contributed by atoms with E-state index >= 15 is 0 Å². The normalized spacial score (nSPS) is 10.9. The van der Waals surface area contributed by atoms with E-state index < -0.39 is 0 Å². The van der Waals surface area contributed by atoms with Crippen LogP contribution >= 0.6 is 22.9 Å². The van der Waals surface area contributed by atoms with Crippen molar-refractivity contribution >= 4 is 44.7 Å². The van der Waals surface area contributed by atoms with Crippen LogP contribution in [0.2, 0.25) is 5.02 Å². The zero-order valence-corrected chi connectivity index (χ0v) is 17.6. The summed E-state index contributed by atoms with van der Waals surface area (Å²) in [5.74, 6) is 0.347. The number of aromatic nitrogens is 1. The third-order valence-electron chi connectivity index (χ3n) is 4.67. The molecule has 0 aliphatic rings. The largest absolute Gasteiger partial charge is 0.484 e. The zero-order chi connectivity index (χ0) is 20.4. The van der Waals surface area contributed by atoms with Crippen LogP contribution in [0.15, 0.2) is 60.0 Å². The van der Waals surface area contributed by atoms with Crippen LogP contribution in [-0.2, 0) is 4.79 Å². The van der Waals surface area contributed by atoms with Gasteiger partial charge in [0, 0.05) is 16.0 Å². The number of rotatable bonds is 5. The summed E-state index contributed by atoms with van der Waals surface area (Å²) in [7, 11) is 0. The minimum atomic E-state index is -0.257. The van der Waals surface area contributed by atoms with Crippen LogP contribution in [0, 0.1) is 13.8 Å². The number of hydrogen-bond acceptors (Lipinski definition) is 4. The molecule has 1 N–H and O–H groups in total. The molecule has 6 heteroatoms. The first-order valence-corrected chi connectivity index (χ1v) is 10.4. The molecule has 1 aromatic heterocycles. The number of aryl methyl sites for hydroxylation is 2. The highest BCUT2D eigenvalue weighted by Crippen LogP contribution is 2.32. The van der Waals surface area contributed by atoms with Crippen molar-refractivity contribution in [2.45, 2.75) is 13.8 Å². The van der Waals surface area contributed by atoms with E-state index in [0.717, 1.165) is 22.2 Å². The third-order valence-corrected chi connectivity index (χ3v) is 5.85. The van der Waals surface area contributed by atoms with Crippen LogP contribution in [0.25, 0.3) is 22.0 Å². The molecule has 0 bridgehead atoms. The Balaban J connectivity index is 1.46. The Morgan fingerprint density at radius 2 is 1.86 bits per heavy atom. The van der Waals surface area contributed by atoms with Crippen molar-refractivity contribution in [2.24, 2.45) is 0 Å². The lowest BCUT2D eigenvalue weighted by atomic mass is 9.99. The second-order valence-electron chi connectivity index (χ2n) is 6.76. The molecule has 0 saturated carbocycles. The summed E-state index contributed by atoms with van der Waals surface area (Å²) in [6, 6.07) is 17.7. The maximum atomic E-state index is 12.2. The number of thiazole rings is 1. The lowest BCUT2D eigenvalue weighted by Crippen LogP contribution is -2.20. The summed E-state index contributed by atoms with van der Waals surface area (Å²) in [5, 5.41) is 8.33. The minimum Gasteiger partial charge on any atom is -0.484 e. The zero-order valence-electron chi connectivity index (χ0n) is 16.0. The molecule has 1 heterocycles. The molecule has 0 saturated heterocycles. The standard InChI is InChI=1S/C23H19ClN2O2S/c1-14-7-9-19(18-6-4-3-5-17(14)18)21-13-29-23(25-21)26-22(27)12-28-16-8-10-20(24)15(2)11-16/h3-11,13H,12H2,1-2H3,(H,25,26,27). The van der Waals surface area contributed by atoms with Gasteiger partial charge in [0.25, 0.3) is 5.91 Å². The topological polar surface area (TPSA) is 51.2 Å². The number of carbonyl (C=O) groups is 1. The van der Waals surface area contributed by atoms with Gasteiger partial charge in [0.2, 0.25) is 0 Å². The SMILES string of the molecule is Cc1cc(OCC(=O)Nc2nc(-c3ccc(C)c4ccccc34)cs2)ccc1Cl. The maximum absolute atomic E-state index is 12.2. The third kappa shape index (κ3) is 4.26. The lowest BCUT2D eigenvalue weighted by Gasteiger charge is -2.08. The van der Waals surface area contributed by atoms with Gasteiger partial charge in [0.15, 0.2) is 11.7 Å². The van der Waals surface area contributed by atoms with Gasteiger partial charge in [-0.05, 0) is 53.9 Å². The molecule has 0 unspecified atom stereocenters. The number of halogens is 1. The molecule has 0 atom stereocenters. The monoisotopic (exact) mass is 422 g/mol. The lowest BCUT2D eigenvalue weighted by molar-refractivity contribution is -0.118. The fourth-order valence-electron chi connectivity index (χ4n) is 3.14. The van der Waals surface area contributed by atoms with Gasteiger partial charge in [-0.15, -0.1) is 11.3 Å². The van der Waals surface area contributed by atoms with E-state index in [1.54, 1.807) is 18.2 Å². The Morgan fingerprint density at radius 3 is 2.66 bits per heavy atom. The Morgan fingerprint density at radius 1 is 1.07 bits per heavy atom. The predicted octanol–water partition coefficient (Wildman–Crippen LogP) is 6.25. The van der Waals surface area contributed by atoms with Gasteiger partial charge < -0.3 is 4.74 Å². The quantitative estimate of drug-likeness (QED) is 0.413. The molecule has 29 heavy (non-hydrogen) atoms. The molecule has 0 radical (unpaired) electrons. The van der Waals surface area contributed by atoms with Crippen LogP contribution in [0.4, 0.5) is 5.13 Å². The van der Waals surface area contributed by atoms with Gasteiger partial charge in [-0.25, -0.2) is 4.98 Å². The molecule has 1 amide bonds. The number of carbonyl (C=O) groups excluding carboxylic acids is 1. The first-order valence-electron chi connectivity index (χ1n) is 9.14. The summed E-state index contributed by atoms with van der Waals surface area (Å²) >= 11 is 7.40. The van der Waals surface area contributed by atoms with E-state index in [0.29, 0.717) is 15.9 Å². The molecule has 0 spiro atoms. The molecule has 0 fully saturated rings. The number of nitrogens with zero attached hydrogens (tertiary/aromatic N) is 1. The van der Waals surface area contributed by atoms with E-state index in [9.17, 15) is 4.79 Å². The molecule has 4 aromatic rings. The van der Waals surface area contributed by atoms with E-state index in [4.69, 9.17) is 16.3 Å². The fraction of sp³-hybridized carbons (Fsp3) is 0.130. The first-order chi connectivity index (χ1) is 14.0. The fourth-order valence-corrected chi connectivity index (χ4v) is 3.98. The Hall–Kier alpha value is -2.89. The summed E-state index contributed by atoms with van der Waals surface area (Å²) in [4.78, 5) is 16.8. The van der Waals surface area contributed by atoms with Gasteiger partial charge in [0.05, 0.1) is 5.69 Å². The van der Waals surface area contributed by atoms with Crippen molar-refractivity contribution in [3.05, 3.63) is 76.1 Å². The molecular formula is C23H19ClN2O2S. The van der Waals surface area contributed by atoms with E-state index in [1.165, 1.54) is 22.3 Å². The number of fused-ring (bicyclic) bond motifs is 1. The number of ether oxygens (including phenoxy) is 1. The molecule has 3 aromatic carbocycles. The van der Waals surface area contributed by atoms with Gasteiger partial charge in [-0.1, -0.05) is 48.0 Å². The van der Waals surface area contributed by atoms with Crippen molar-refractivity contribution < 1.29 is 9.53 Å². The van der Waals surface area contributed by atoms with E-state index in [-0.39, 0.29) is 12.5 Å². The summed E-state index contributed by atoms with van der Waals surface area (Å²) in [5.41, 5.74) is 4.02. The average molecular weight is 423 g/mol. The highest BCUT2D eigenvalue weighted by Gasteiger charge is 2.12. The molecule has 0 aliphatic carbocycles. The highest BCUT2D eigenvalue weighted by molar-refractivity contribution is 7.14. The van der Waals surface area contributed by atoms with Crippen LogP contribution in [0.3, 0.4) is 0 Å². The number of anilines is 1. The molecule has 146 valence electrons. The van der Waals surface area contributed by atoms with Crippen LogP contribution in [0.1, 0.15) is 11.1 Å². The number of amides is 1. The number of hydrogen-bond donors (Lipinski definition) is 1.